The summed E-state index contributed by atoms with van der Waals surface area (Å²) in [5, 5.41) is 1.48. The van der Waals surface area contributed by atoms with Crippen LogP contribution in [0.1, 0.15) is 108 Å². The van der Waals surface area contributed by atoms with E-state index in [0.29, 0.717) is 37.0 Å². The quantitative estimate of drug-likeness (QED) is 0.419. The molecule has 1 aliphatic heterocycles. The van der Waals surface area contributed by atoms with E-state index in [2.05, 4.69) is 129 Å². The number of hydrogen-bond acceptors (Lipinski definition) is 2. The molecule has 176 valence electrons. The van der Waals surface area contributed by atoms with Gasteiger partial charge < -0.3 is 9.62 Å². The fourth-order valence-corrected chi connectivity index (χ4v) is 5.11. The average Bonchev–Trinajstić information content (AvgIpc) is 2.76. The fraction of sp³-hybridized carbons (Fsp3) is 0.517. The van der Waals surface area contributed by atoms with Gasteiger partial charge in [0.2, 0.25) is 6.85 Å². The molecule has 0 unspecified atom stereocenters. The molecule has 0 aliphatic carbocycles. The van der Waals surface area contributed by atoms with E-state index in [-0.39, 0.29) is 0 Å². The van der Waals surface area contributed by atoms with E-state index in [1.165, 1.54) is 39.0 Å². The Bertz CT molecular complexity index is 968. The maximum atomic E-state index is 3.94. The van der Waals surface area contributed by atoms with Crippen LogP contribution in [0.5, 0.6) is 0 Å². The molecule has 0 spiro atoms. The summed E-state index contributed by atoms with van der Waals surface area (Å²) >= 11 is 0. The molecule has 0 N–H and O–H groups in total. The van der Waals surface area contributed by atoms with Crippen LogP contribution in [0.15, 0.2) is 36.4 Å². The summed E-state index contributed by atoms with van der Waals surface area (Å²) in [7, 11) is 0. The van der Waals surface area contributed by atoms with Crippen molar-refractivity contribution in [1.29, 1.82) is 0 Å². The summed E-state index contributed by atoms with van der Waals surface area (Å²) in [5.74, 6) is 1.81. The van der Waals surface area contributed by atoms with Crippen LogP contribution in [0, 0.1) is 6.67 Å². The van der Waals surface area contributed by atoms with Crippen molar-refractivity contribution in [3.05, 3.63) is 65.3 Å². The van der Waals surface area contributed by atoms with E-state index >= 15 is 0 Å². The first-order chi connectivity index (χ1) is 15.5. The van der Waals surface area contributed by atoms with Crippen LogP contribution < -0.4 is 9.62 Å². The maximum absolute atomic E-state index is 3.94. The van der Waals surface area contributed by atoms with E-state index < -0.39 is 0 Å². The van der Waals surface area contributed by atoms with Gasteiger partial charge in [-0.1, -0.05) is 112 Å². The van der Waals surface area contributed by atoms with Crippen LogP contribution in [0.4, 0.5) is 11.4 Å². The molecule has 2 radical (unpaired) electrons. The molecule has 2 aromatic rings. The smallest absolute Gasteiger partial charge is 0.241 e. The first kappa shape index (κ1) is 25.7. The highest BCUT2D eigenvalue weighted by Gasteiger charge is 2.31. The minimum Gasteiger partial charge on any atom is -0.534 e. The van der Waals surface area contributed by atoms with E-state index in [1.807, 2.05) is 0 Å². The number of hydrogen-bond donors (Lipinski definition) is 0. The number of nitrogens with zero attached hydrogens (tertiary/aromatic N) is 2. The molecule has 1 aliphatic rings. The monoisotopic (exact) mass is 441 g/mol. The van der Waals surface area contributed by atoms with Gasteiger partial charge >= 0.3 is 0 Å². The molecule has 0 saturated heterocycles. The summed E-state index contributed by atoms with van der Waals surface area (Å²) in [6, 6.07) is 13.7. The standard InChI is InChI=1S/C29H43B2N2/c1-19(2)24-14-12-15-25(20(3)4)28(24)32-18-33(31(11)23(9)30(32)10)29-26(21(5)6)16-13-17-27(29)22(7)8/h12-17,19-22H,1-11H3/q-1. The lowest BCUT2D eigenvalue weighted by molar-refractivity contribution is 0.821. The Hall–Kier alpha value is -1.96. The molecule has 0 bridgehead atoms. The van der Waals surface area contributed by atoms with Crippen LogP contribution in [0.2, 0.25) is 13.6 Å². The molecule has 2 aromatic carbocycles. The van der Waals surface area contributed by atoms with Crippen LogP contribution in [0.3, 0.4) is 0 Å². The largest absolute Gasteiger partial charge is 0.534 e. The molecule has 0 amide bonds. The second-order valence-electron chi connectivity index (χ2n) is 11.1. The highest BCUT2D eigenvalue weighted by molar-refractivity contribution is 7.09. The minimum absolute atomic E-state index is 0.294. The number of rotatable bonds is 6. The molecule has 0 saturated carbocycles. The van der Waals surface area contributed by atoms with Crippen LogP contribution in [0.25, 0.3) is 0 Å². The molecular weight excluding hydrogens is 398 g/mol. The molecule has 0 fully saturated rings. The van der Waals surface area contributed by atoms with E-state index in [1.54, 1.807) is 0 Å². The van der Waals surface area contributed by atoms with Gasteiger partial charge in [-0.25, -0.2) is 0 Å². The highest BCUT2D eigenvalue weighted by Crippen LogP contribution is 2.41. The molecule has 2 nitrogen and oxygen atoms in total. The second kappa shape index (κ2) is 10.1. The Morgan fingerprint density at radius 3 is 1.42 bits per heavy atom. The van der Waals surface area contributed by atoms with Gasteiger partial charge in [0.25, 0.3) is 0 Å². The number of para-hydroxylation sites is 2. The summed E-state index contributed by atoms with van der Waals surface area (Å²) in [4.78, 5) is 4.89. The Kier molecular flexibility index (Phi) is 7.87. The summed E-state index contributed by atoms with van der Waals surface area (Å²) in [5.41, 5.74) is 8.32. The summed E-state index contributed by atoms with van der Waals surface area (Å²) in [6.07, 6.45) is 0. The molecule has 0 atom stereocenters. The fourth-order valence-electron chi connectivity index (χ4n) is 5.11. The molecule has 4 heteroatoms. The van der Waals surface area contributed by atoms with Gasteiger partial charge in [0.1, 0.15) is 0 Å². The number of benzene rings is 2. The average molecular weight is 441 g/mol. The molecular formula is C29H43B2N2-. The third-order valence-electron chi connectivity index (χ3n) is 7.47. The minimum atomic E-state index is 0.294. The lowest BCUT2D eigenvalue weighted by Gasteiger charge is -2.52. The lowest BCUT2D eigenvalue weighted by atomic mass is 9.43. The van der Waals surface area contributed by atoms with Crippen molar-refractivity contribution in [2.24, 2.45) is 0 Å². The van der Waals surface area contributed by atoms with Crippen molar-refractivity contribution < 1.29 is 0 Å². The Balaban J connectivity index is 2.27. The van der Waals surface area contributed by atoms with Crippen molar-refractivity contribution in [1.82, 2.24) is 0 Å². The van der Waals surface area contributed by atoms with Gasteiger partial charge in [-0.05, 0) is 45.9 Å². The molecule has 1 heterocycles. The SMILES string of the molecule is CB1C(C)=[B-](C)N(c2c(C(C)C)cccc2C(C)C)[C]N1c1c(C(C)C)cccc1C(C)C. The van der Waals surface area contributed by atoms with Crippen molar-refractivity contribution in [2.45, 2.75) is 99.6 Å². The topological polar surface area (TPSA) is 6.48 Å². The zero-order chi connectivity index (χ0) is 24.6. The normalized spacial score (nSPS) is 15.2. The van der Waals surface area contributed by atoms with E-state index in [9.17, 15) is 0 Å². The van der Waals surface area contributed by atoms with E-state index in [0.717, 1.165) is 0 Å². The summed E-state index contributed by atoms with van der Waals surface area (Å²) < 4.78 is 0. The van der Waals surface area contributed by atoms with Crippen molar-refractivity contribution in [2.75, 3.05) is 9.62 Å². The first-order valence-corrected chi connectivity index (χ1v) is 12.9. The Labute approximate surface area is 204 Å². The number of anilines is 2. The molecule has 0 aromatic heterocycles. The van der Waals surface area contributed by atoms with Crippen LogP contribution in [-0.4, -0.2) is 18.7 Å². The Morgan fingerprint density at radius 1 is 0.697 bits per heavy atom. The van der Waals surface area contributed by atoms with Crippen LogP contribution in [-0.2, 0) is 0 Å². The van der Waals surface area contributed by atoms with Crippen molar-refractivity contribution in [3.63, 3.8) is 0 Å². The zero-order valence-corrected chi connectivity index (χ0v) is 22.8. The third kappa shape index (κ3) is 4.81. The predicted octanol–water partition coefficient (Wildman–Crippen LogP) is 8.06. The van der Waals surface area contributed by atoms with Crippen molar-refractivity contribution in [3.8, 4) is 0 Å². The van der Waals surface area contributed by atoms with Gasteiger partial charge in [0.05, 0.1) is 0 Å². The Morgan fingerprint density at radius 2 is 1.06 bits per heavy atom. The van der Waals surface area contributed by atoms with Gasteiger partial charge in [-0.2, -0.15) is 6.82 Å². The van der Waals surface area contributed by atoms with Gasteiger partial charge in [-0.3, -0.25) is 5.36 Å². The summed E-state index contributed by atoms with van der Waals surface area (Å²) in [6.45, 7) is 30.0. The van der Waals surface area contributed by atoms with Crippen LogP contribution >= 0.6 is 0 Å². The van der Waals surface area contributed by atoms with Gasteiger partial charge in [0, 0.05) is 11.4 Å². The zero-order valence-electron chi connectivity index (χ0n) is 22.8. The molecule has 33 heavy (non-hydrogen) atoms. The highest BCUT2D eigenvalue weighted by atomic mass is 15.3. The molecule has 3 rings (SSSR count). The predicted molar refractivity (Wildman–Crippen MR) is 151 cm³/mol. The third-order valence-corrected chi connectivity index (χ3v) is 7.47. The van der Waals surface area contributed by atoms with Gasteiger partial charge in [-0.15, -0.1) is 0 Å². The maximum Gasteiger partial charge on any atom is 0.241 e. The lowest BCUT2D eigenvalue weighted by Crippen LogP contribution is -2.57. The first-order valence-electron chi connectivity index (χ1n) is 12.9. The van der Waals surface area contributed by atoms with Crippen molar-refractivity contribution >= 4 is 30.1 Å². The van der Waals surface area contributed by atoms with Gasteiger partial charge in [0.15, 0.2) is 6.67 Å². The van der Waals surface area contributed by atoms with E-state index in [4.69, 9.17) is 0 Å². The second-order valence-corrected chi connectivity index (χ2v) is 11.1.